The van der Waals surface area contributed by atoms with E-state index < -0.39 is 10.0 Å². The summed E-state index contributed by atoms with van der Waals surface area (Å²) in [4.78, 5) is 16.5. The van der Waals surface area contributed by atoms with Crippen molar-refractivity contribution in [2.45, 2.75) is 25.8 Å². The molecule has 2 fully saturated rings. The Balaban J connectivity index is 1.25. The molecule has 0 spiro atoms. The van der Waals surface area contributed by atoms with E-state index in [1.807, 2.05) is 24.6 Å². The molecule has 3 aliphatic heterocycles. The van der Waals surface area contributed by atoms with E-state index in [2.05, 4.69) is 51.8 Å². The monoisotopic (exact) mass is 470 g/mol. The Bertz CT molecular complexity index is 1120. The van der Waals surface area contributed by atoms with Crippen LogP contribution in [-0.2, 0) is 14.8 Å². The van der Waals surface area contributed by atoms with E-state index in [0.29, 0.717) is 13.1 Å². The summed E-state index contributed by atoms with van der Waals surface area (Å²) in [6, 6.07) is 8.65. The van der Waals surface area contributed by atoms with Crippen LogP contribution < -0.4 is 15.8 Å². The molecule has 1 atom stereocenters. The number of carbonyl (C=O) groups is 1. The Morgan fingerprint density at radius 1 is 1.12 bits per heavy atom. The second-order valence-electron chi connectivity index (χ2n) is 9.00. The first-order valence-electron chi connectivity index (χ1n) is 11.3. The van der Waals surface area contributed by atoms with E-state index in [1.165, 1.54) is 11.8 Å². The number of sulfonamides is 1. The van der Waals surface area contributed by atoms with Crippen LogP contribution in [0.1, 0.15) is 31.4 Å². The van der Waals surface area contributed by atoms with Gasteiger partial charge in [-0.3, -0.25) is 15.1 Å². The molecule has 3 heterocycles. The van der Waals surface area contributed by atoms with Crippen LogP contribution in [0.3, 0.4) is 0 Å². The van der Waals surface area contributed by atoms with Crippen molar-refractivity contribution >= 4 is 21.6 Å². The van der Waals surface area contributed by atoms with Gasteiger partial charge in [0.2, 0.25) is 15.9 Å². The minimum atomic E-state index is -3.12. The van der Waals surface area contributed by atoms with Crippen molar-refractivity contribution in [2.24, 2.45) is 5.92 Å². The number of hydrogen-bond acceptors (Lipinski definition) is 7. The Kier molecular flexibility index (Phi) is 5.67. The smallest absolute Gasteiger partial charge is 0.243 e. The van der Waals surface area contributed by atoms with Crippen molar-refractivity contribution in [3.05, 3.63) is 65.8 Å². The molecule has 0 bridgehead atoms. The quantitative estimate of drug-likeness (QED) is 0.654. The average Bonchev–Trinajstić information content (AvgIpc) is 3.58. The molecule has 4 aliphatic rings. The maximum absolute atomic E-state index is 12.1. The SMILES string of the molecule is CC(c1ccc(N2C=CC=C3NN(NC(=O)C4CC4)C=C32)cc1)N1CCN(S(C)(=O)=O)CC1. The third-order valence-corrected chi connectivity index (χ3v) is 7.95. The van der Waals surface area contributed by atoms with Crippen LogP contribution >= 0.6 is 0 Å². The maximum Gasteiger partial charge on any atom is 0.243 e. The topological polar surface area (TPSA) is 88.2 Å². The first-order valence-corrected chi connectivity index (χ1v) is 13.2. The lowest BCUT2D eigenvalue weighted by atomic mass is 10.0. The average molecular weight is 471 g/mol. The van der Waals surface area contributed by atoms with E-state index in [1.54, 1.807) is 9.42 Å². The standard InChI is InChI=1S/C23H30N6O3S/c1-17(26-12-14-27(15-13-26)33(2,31)32)18-7-9-20(10-8-18)28-11-3-4-21-22(28)16-29(24-21)25-23(30)19-5-6-19/h3-4,7-11,16-17,19,24H,5-6,12-15H2,1-2H3,(H,25,30). The highest BCUT2D eigenvalue weighted by molar-refractivity contribution is 7.88. The summed E-state index contributed by atoms with van der Waals surface area (Å²) in [6.07, 6.45) is 11.1. The Hall–Kier alpha value is -2.82. The van der Waals surface area contributed by atoms with Gasteiger partial charge in [-0.05, 0) is 49.6 Å². The van der Waals surface area contributed by atoms with Gasteiger partial charge in [-0.25, -0.2) is 19.0 Å². The van der Waals surface area contributed by atoms with Gasteiger partial charge in [0.1, 0.15) is 0 Å². The minimum Gasteiger partial charge on any atom is -0.314 e. The van der Waals surface area contributed by atoms with Gasteiger partial charge in [0, 0.05) is 50.0 Å². The van der Waals surface area contributed by atoms with Gasteiger partial charge in [-0.15, -0.1) is 0 Å². The molecule has 33 heavy (non-hydrogen) atoms. The van der Waals surface area contributed by atoms with Crippen molar-refractivity contribution in [1.82, 2.24) is 25.2 Å². The second kappa shape index (κ2) is 8.51. The zero-order valence-corrected chi connectivity index (χ0v) is 19.8. The van der Waals surface area contributed by atoms with Crippen LogP contribution in [0.15, 0.2) is 60.2 Å². The molecule has 1 saturated heterocycles. The number of allylic oxidation sites excluding steroid dienone is 2. The van der Waals surface area contributed by atoms with E-state index in [9.17, 15) is 13.2 Å². The molecular weight excluding hydrogens is 440 g/mol. The zero-order chi connectivity index (χ0) is 23.2. The van der Waals surface area contributed by atoms with Crippen molar-refractivity contribution in [2.75, 3.05) is 37.3 Å². The second-order valence-corrected chi connectivity index (χ2v) is 11.0. The lowest BCUT2D eigenvalue weighted by molar-refractivity contribution is -0.126. The Labute approximate surface area is 195 Å². The van der Waals surface area contributed by atoms with Crippen LogP contribution in [0.4, 0.5) is 5.69 Å². The van der Waals surface area contributed by atoms with Crippen molar-refractivity contribution < 1.29 is 13.2 Å². The van der Waals surface area contributed by atoms with Gasteiger partial charge in [-0.1, -0.05) is 12.1 Å². The van der Waals surface area contributed by atoms with E-state index in [0.717, 1.165) is 43.0 Å². The number of nitrogens with one attached hydrogen (secondary N) is 2. The number of hydrogen-bond donors (Lipinski definition) is 2. The number of piperazine rings is 1. The van der Waals surface area contributed by atoms with E-state index >= 15 is 0 Å². The fraction of sp³-hybridized carbons (Fsp3) is 0.435. The predicted octanol–water partition coefficient (Wildman–Crippen LogP) is 1.65. The molecule has 0 aromatic heterocycles. The van der Waals surface area contributed by atoms with E-state index in [4.69, 9.17) is 0 Å². The van der Waals surface area contributed by atoms with Gasteiger partial charge in [0.25, 0.3) is 0 Å². The van der Waals surface area contributed by atoms with Crippen LogP contribution in [-0.4, -0.2) is 61.1 Å². The molecule has 1 aromatic rings. The molecule has 5 rings (SSSR count). The number of carbonyl (C=O) groups excluding carboxylic acids is 1. The molecule has 1 unspecified atom stereocenters. The lowest BCUT2D eigenvalue weighted by Gasteiger charge is -2.37. The molecular formula is C23H30N6O3S. The first kappa shape index (κ1) is 22.0. The maximum atomic E-state index is 12.1. The van der Waals surface area contributed by atoms with Crippen LogP contribution in [0.25, 0.3) is 0 Å². The summed E-state index contributed by atoms with van der Waals surface area (Å²) >= 11 is 0. The fourth-order valence-corrected chi connectivity index (χ4v) is 5.25. The number of fused-ring (bicyclic) bond motifs is 1. The number of rotatable bonds is 6. The Morgan fingerprint density at radius 3 is 2.45 bits per heavy atom. The van der Waals surface area contributed by atoms with Crippen LogP contribution in [0.2, 0.25) is 0 Å². The number of anilines is 1. The zero-order valence-electron chi connectivity index (χ0n) is 18.9. The molecule has 176 valence electrons. The number of amides is 1. The molecule has 1 aromatic carbocycles. The highest BCUT2D eigenvalue weighted by Gasteiger charge is 2.32. The predicted molar refractivity (Wildman–Crippen MR) is 126 cm³/mol. The fourth-order valence-electron chi connectivity index (χ4n) is 4.42. The lowest BCUT2D eigenvalue weighted by Crippen LogP contribution is -2.48. The molecule has 10 heteroatoms. The third kappa shape index (κ3) is 4.64. The highest BCUT2D eigenvalue weighted by atomic mass is 32.2. The first-order chi connectivity index (χ1) is 15.8. The summed E-state index contributed by atoms with van der Waals surface area (Å²) in [5.74, 6) is 0.189. The van der Waals surface area contributed by atoms with E-state index in [-0.39, 0.29) is 17.9 Å². The largest absolute Gasteiger partial charge is 0.314 e. The van der Waals surface area contributed by atoms with Crippen molar-refractivity contribution in [3.63, 3.8) is 0 Å². The normalized spacial score (nSPS) is 22.4. The van der Waals surface area contributed by atoms with Gasteiger partial charge >= 0.3 is 0 Å². The molecule has 0 radical (unpaired) electrons. The molecule has 2 N–H and O–H groups in total. The number of hydrazine groups is 2. The van der Waals surface area contributed by atoms with Gasteiger partial charge in [-0.2, -0.15) is 4.31 Å². The third-order valence-electron chi connectivity index (χ3n) is 6.65. The van der Waals surface area contributed by atoms with Crippen LogP contribution in [0, 0.1) is 5.92 Å². The summed E-state index contributed by atoms with van der Waals surface area (Å²) in [7, 11) is -3.12. The molecule has 1 aliphatic carbocycles. The molecule has 1 amide bonds. The van der Waals surface area contributed by atoms with Crippen molar-refractivity contribution in [1.29, 1.82) is 0 Å². The number of nitrogens with zero attached hydrogens (tertiary/aromatic N) is 4. The highest BCUT2D eigenvalue weighted by Crippen LogP contribution is 2.32. The van der Waals surface area contributed by atoms with Crippen molar-refractivity contribution in [3.8, 4) is 0 Å². The molecule has 9 nitrogen and oxygen atoms in total. The minimum absolute atomic E-state index is 0.0498. The van der Waals surface area contributed by atoms with Gasteiger partial charge in [0.15, 0.2) is 0 Å². The summed E-state index contributed by atoms with van der Waals surface area (Å²) in [5.41, 5.74) is 10.2. The Morgan fingerprint density at radius 2 is 1.82 bits per heavy atom. The molecule has 1 saturated carbocycles. The summed E-state index contributed by atoms with van der Waals surface area (Å²) in [6.45, 7) is 4.67. The number of benzene rings is 1. The summed E-state index contributed by atoms with van der Waals surface area (Å²) in [5, 5.41) is 1.63. The van der Waals surface area contributed by atoms with Gasteiger partial charge < -0.3 is 4.90 Å². The van der Waals surface area contributed by atoms with Crippen LogP contribution in [0.5, 0.6) is 0 Å². The summed E-state index contributed by atoms with van der Waals surface area (Å²) < 4.78 is 25.1. The van der Waals surface area contributed by atoms with Gasteiger partial charge in [0.05, 0.1) is 23.8 Å².